The first kappa shape index (κ1) is 14.0. The molecule has 17 heavy (non-hydrogen) atoms. The van der Waals surface area contributed by atoms with Gasteiger partial charge in [-0.1, -0.05) is 44.9 Å². The summed E-state index contributed by atoms with van der Waals surface area (Å²) in [5, 5.41) is 10.1. The Morgan fingerprint density at radius 1 is 1.29 bits per heavy atom. The van der Waals surface area contributed by atoms with E-state index >= 15 is 0 Å². The minimum atomic E-state index is -0.271. The molecule has 2 heteroatoms. The molecule has 1 rings (SSSR count). The average molecular weight is 236 g/mol. The fraction of sp³-hybridized carbons (Fsp3) is 0.600. The molecule has 0 amide bonds. The molecular weight excluding hydrogens is 212 g/mol. The Bertz CT molecular complexity index is 322. The average Bonchev–Trinajstić information content (AvgIpc) is 2.29. The summed E-state index contributed by atoms with van der Waals surface area (Å²) in [6.45, 7) is 4.39. The van der Waals surface area contributed by atoms with Crippen molar-refractivity contribution in [1.82, 2.24) is 0 Å². The number of rotatable bonds is 7. The van der Waals surface area contributed by atoms with E-state index in [0.717, 1.165) is 17.7 Å². The van der Waals surface area contributed by atoms with Crippen LogP contribution in [0.15, 0.2) is 24.3 Å². The zero-order chi connectivity index (χ0) is 12.7. The van der Waals surface area contributed by atoms with Crippen molar-refractivity contribution in [3.8, 4) is 5.75 Å². The van der Waals surface area contributed by atoms with Crippen LogP contribution in [0.2, 0.25) is 0 Å². The van der Waals surface area contributed by atoms with Crippen molar-refractivity contribution >= 4 is 0 Å². The van der Waals surface area contributed by atoms with Crippen LogP contribution >= 0.6 is 0 Å². The van der Waals surface area contributed by atoms with Gasteiger partial charge in [-0.15, -0.1) is 0 Å². The summed E-state index contributed by atoms with van der Waals surface area (Å²) < 4.78 is 5.29. The summed E-state index contributed by atoms with van der Waals surface area (Å²) in [6.07, 6.45) is 3.64. The number of methoxy groups -OCH3 is 1. The van der Waals surface area contributed by atoms with Crippen molar-refractivity contribution in [2.24, 2.45) is 5.92 Å². The van der Waals surface area contributed by atoms with E-state index in [4.69, 9.17) is 4.74 Å². The first-order chi connectivity index (χ1) is 8.17. The van der Waals surface area contributed by atoms with Gasteiger partial charge in [-0.2, -0.15) is 0 Å². The molecule has 0 bridgehead atoms. The summed E-state index contributed by atoms with van der Waals surface area (Å²) in [5.74, 6) is 1.46. The van der Waals surface area contributed by atoms with Gasteiger partial charge in [-0.3, -0.25) is 0 Å². The molecule has 0 heterocycles. The van der Waals surface area contributed by atoms with Crippen LogP contribution in [0.3, 0.4) is 0 Å². The largest absolute Gasteiger partial charge is 0.496 e. The SMILES string of the molecule is CCCC(C)CC(O)Cc1ccccc1OC. The lowest BCUT2D eigenvalue weighted by Crippen LogP contribution is -2.15. The summed E-state index contributed by atoms with van der Waals surface area (Å²) in [5.41, 5.74) is 1.09. The van der Waals surface area contributed by atoms with Gasteiger partial charge in [0.2, 0.25) is 0 Å². The van der Waals surface area contributed by atoms with Gasteiger partial charge < -0.3 is 9.84 Å². The van der Waals surface area contributed by atoms with Crippen molar-refractivity contribution in [2.45, 2.75) is 45.6 Å². The second-order valence-electron chi connectivity index (χ2n) is 4.80. The molecule has 2 unspecified atom stereocenters. The third-order valence-electron chi connectivity index (χ3n) is 3.10. The number of aliphatic hydroxyl groups excluding tert-OH is 1. The molecule has 0 aliphatic rings. The summed E-state index contributed by atoms with van der Waals surface area (Å²) in [4.78, 5) is 0. The van der Waals surface area contributed by atoms with Crippen LogP contribution in [0.25, 0.3) is 0 Å². The monoisotopic (exact) mass is 236 g/mol. The summed E-state index contributed by atoms with van der Waals surface area (Å²) in [6, 6.07) is 7.90. The Kier molecular flexibility index (Phi) is 6.06. The molecule has 0 aliphatic carbocycles. The van der Waals surface area contributed by atoms with Crippen molar-refractivity contribution < 1.29 is 9.84 Å². The summed E-state index contributed by atoms with van der Waals surface area (Å²) >= 11 is 0. The zero-order valence-corrected chi connectivity index (χ0v) is 11.1. The predicted octanol–water partition coefficient (Wildman–Crippen LogP) is 3.42. The van der Waals surface area contributed by atoms with E-state index in [0.29, 0.717) is 12.3 Å². The highest BCUT2D eigenvalue weighted by molar-refractivity contribution is 5.33. The fourth-order valence-electron chi connectivity index (χ4n) is 2.28. The molecule has 0 saturated carbocycles. The van der Waals surface area contributed by atoms with E-state index in [2.05, 4.69) is 13.8 Å². The van der Waals surface area contributed by atoms with Crippen molar-refractivity contribution in [1.29, 1.82) is 0 Å². The Morgan fingerprint density at radius 3 is 2.65 bits per heavy atom. The molecule has 0 aromatic heterocycles. The number of hydrogen-bond acceptors (Lipinski definition) is 2. The molecule has 0 fully saturated rings. The first-order valence-electron chi connectivity index (χ1n) is 6.47. The molecule has 1 aromatic rings. The molecule has 1 N–H and O–H groups in total. The van der Waals surface area contributed by atoms with Gasteiger partial charge in [0.15, 0.2) is 0 Å². The lowest BCUT2D eigenvalue weighted by Gasteiger charge is -2.17. The van der Waals surface area contributed by atoms with Gasteiger partial charge in [0.25, 0.3) is 0 Å². The Balaban J connectivity index is 2.52. The van der Waals surface area contributed by atoms with Crippen LogP contribution in [0.4, 0.5) is 0 Å². The highest BCUT2D eigenvalue weighted by Gasteiger charge is 2.12. The predicted molar refractivity (Wildman–Crippen MR) is 71.4 cm³/mol. The lowest BCUT2D eigenvalue weighted by molar-refractivity contribution is 0.142. The Hall–Kier alpha value is -1.02. The van der Waals surface area contributed by atoms with Crippen molar-refractivity contribution in [2.75, 3.05) is 7.11 Å². The van der Waals surface area contributed by atoms with Gasteiger partial charge in [-0.05, 0) is 24.0 Å². The second-order valence-corrected chi connectivity index (χ2v) is 4.80. The van der Waals surface area contributed by atoms with Crippen LogP contribution < -0.4 is 4.74 Å². The van der Waals surface area contributed by atoms with E-state index in [9.17, 15) is 5.11 Å². The van der Waals surface area contributed by atoms with Crippen molar-refractivity contribution in [3.05, 3.63) is 29.8 Å². The van der Waals surface area contributed by atoms with E-state index < -0.39 is 0 Å². The van der Waals surface area contributed by atoms with Gasteiger partial charge in [0.05, 0.1) is 13.2 Å². The number of aliphatic hydroxyl groups is 1. The molecule has 0 spiro atoms. The van der Waals surface area contributed by atoms with Crippen LogP contribution in [-0.2, 0) is 6.42 Å². The quantitative estimate of drug-likeness (QED) is 0.786. The fourth-order valence-corrected chi connectivity index (χ4v) is 2.28. The first-order valence-corrected chi connectivity index (χ1v) is 6.47. The molecule has 1 aromatic carbocycles. The van der Waals surface area contributed by atoms with Crippen molar-refractivity contribution in [3.63, 3.8) is 0 Å². The van der Waals surface area contributed by atoms with Crippen LogP contribution in [0.1, 0.15) is 38.7 Å². The molecule has 2 atom stereocenters. The lowest BCUT2D eigenvalue weighted by atomic mass is 9.95. The standard InChI is InChI=1S/C15H24O2/c1-4-7-12(2)10-14(16)11-13-8-5-6-9-15(13)17-3/h5-6,8-9,12,14,16H,4,7,10-11H2,1-3H3. The molecular formula is C15H24O2. The van der Waals surface area contributed by atoms with E-state index in [-0.39, 0.29) is 6.10 Å². The smallest absolute Gasteiger partial charge is 0.122 e. The van der Waals surface area contributed by atoms with E-state index in [1.165, 1.54) is 12.8 Å². The Morgan fingerprint density at radius 2 is 2.00 bits per heavy atom. The maximum absolute atomic E-state index is 10.1. The third kappa shape index (κ3) is 4.78. The van der Waals surface area contributed by atoms with Gasteiger partial charge in [-0.25, -0.2) is 0 Å². The zero-order valence-electron chi connectivity index (χ0n) is 11.1. The normalized spacial score (nSPS) is 14.4. The van der Waals surface area contributed by atoms with Crippen LogP contribution in [-0.4, -0.2) is 18.3 Å². The molecule has 0 radical (unpaired) electrons. The van der Waals surface area contributed by atoms with E-state index in [1.54, 1.807) is 7.11 Å². The Labute approximate surface area is 105 Å². The van der Waals surface area contributed by atoms with E-state index in [1.807, 2.05) is 24.3 Å². The number of ether oxygens (including phenoxy) is 1. The number of benzene rings is 1. The topological polar surface area (TPSA) is 29.5 Å². The minimum Gasteiger partial charge on any atom is -0.496 e. The molecule has 0 aliphatic heterocycles. The van der Waals surface area contributed by atoms with Gasteiger partial charge in [0, 0.05) is 6.42 Å². The maximum Gasteiger partial charge on any atom is 0.122 e. The van der Waals surface area contributed by atoms with Crippen LogP contribution in [0, 0.1) is 5.92 Å². The number of para-hydroxylation sites is 1. The maximum atomic E-state index is 10.1. The van der Waals surface area contributed by atoms with Gasteiger partial charge in [0.1, 0.15) is 5.75 Å². The highest BCUT2D eigenvalue weighted by atomic mass is 16.5. The van der Waals surface area contributed by atoms with Gasteiger partial charge >= 0.3 is 0 Å². The summed E-state index contributed by atoms with van der Waals surface area (Å²) in [7, 11) is 1.67. The minimum absolute atomic E-state index is 0.271. The highest BCUT2D eigenvalue weighted by Crippen LogP contribution is 2.21. The second kappa shape index (κ2) is 7.33. The molecule has 0 saturated heterocycles. The number of hydrogen-bond donors (Lipinski definition) is 1. The van der Waals surface area contributed by atoms with Crippen LogP contribution in [0.5, 0.6) is 5.75 Å². The molecule has 96 valence electrons. The third-order valence-corrected chi connectivity index (χ3v) is 3.10. The molecule has 2 nitrogen and oxygen atoms in total.